The molecular weight excluding hydrogens is 355 g/mol. The van der Waals surface area contributed by atoms with Gasteiger partial charge in [0.15, 0.2) is 0 Å². The van der Waals surface area contributed by atoms with E-state index in [9.17, 15) is 9.18 Å². The average molecular weight is 374 g/mol. The Hall–Kier alpha value is -3.67. The Morgan fingerprint density at radius 1 is 1.07 bits per heavy atom. The number of halogens is 1. The fourth-order valence-corrected chi connectivity index (χ4v) is 3.04. The van der Waals surface area contributed by atoms with Gasteiger partial charge in [-0.25, -0.2) is 4.39 Å². The van der Waals surface area contributed by atoms with Gasteiger partial charge in [0.2, 0.25) is 0 Å². The second kappa shape index (κ2) is 7.92. The van der Waals surface area contributed by atoms with Crippen molar-refractivity contribution in [1.82, 2.24) is 4.98 Å². The fourth-order valence-electron chi connectivity index (χ4n) is 3.04. The van der Waals surface area contributed by atoms with Crippen LogP contribution in [0.1, 0.15) is 11.1 Å². The summed E-state index contributed by atoms with van der Waals surface area (Å²) < 4.78 is 13.5. The number of hydrogen-bond donors (Lipinski definition) is 3. The zero-order valence-electron chi connectivity index (χ0n) is 15.1. The third-order valence-corrected chi connectivity index (χ3v) is 4.50. The molecule has 2 heterocycles. The predicted molar refractivity (Wildman–Crippen MR) is 110 cm³/mol. The maximum Gasteiger partial charge on any atom is 0.257 e. The van der Waals surface area contributed by atoms with E-state index in [-0.39, 0.29) is 11.7 Å². The number of nitrogens with one attached hydrogen (secondary N) is 3. The van der Waals surface area contributed by atoms with E-state index >= 15 is 0 Å². The Bertz CT molecular complexity index is 1020. The van der Waals surface area contributed by atoms with Crippen molar-refractivity contribution >= 4 is 28.5 Å². The molecule has 0 saturated carbocycles. The first-order valence-electron chi connectivity index (χ1n) is 9.00. The number of carbonyl (C=O) groups excluding carboxylic acids is 1. The Balaban J connectivity index is 1.37. The lowest BCUT2D eigenvalue weighted by atomic mass is 10.1. The lowest BCUT2D eigenvalue weighted by Crippen LogP contribution is -2.05. The molecule has 0 atom stereocenters. The average Bonchev–Trinajstić information content (AvgIpc) is 3.02. The van der Waals surface area contributed by atoms with E-state index in [1.165, 1.54) is 17.7 Å². The quantitative estimate of drug-likeness (QED) is 0.564. The molecule has 1 amide bonds. The summed E-state index contributed by atoms with van der Waals surface area (Å²) in [5.41, 5.74) is 4.62. The molecule has 0 radical (unpaired) electrons. The summed E-state index contributed by atoms with van der Waals surface area (Å²) in [4.78, 5) is 16.2. The van der Waals surface area contributed by atoms with Crippen LogP contribution in [-0.2, 0) is 11.2 Å². The summed E-state index contributed by atoms with van der Waals surface area (Å²) in [6, 6.07) is 16.0. The van der Waals surface area contributed by atoms with Crippen LogP contribution in [0, 0.1) is 5.82 Å². The molecule has 5 nitrogen and oxygen atoms in total. The highest BCUT2D eigenvalue weighted by molar-refractivity contribution is 6.31. The lowest BCUT2D eigenvalue weighted by molar-refractivity contribution is -0.110. The molecule has 0 bridgehead atoms. The van der Waals surface area contributed by atoms with Crippen molar-refractivity contribution in [2.45, 2.75) is 6.42 Å². The van der Waals surface area contributed by atoms with Gasteiger partial charge >= 0.3 is 0 Å². The summed E-state index contributed by atoms with van der Waals surface area (Å²) in [5.74, 6) is -0.621. The van der Waals surface area contributed by atoms with Crippen molar-refractivity contribution in [1.29, 1.82) is 0 Å². The van der Waals surface area contributed by atoms with Crippen molar-refractivity contribution in [2.24, 2.45) is 0 Å². The highest BCUT2D eigenvalue weighted by Crippen LogP contribution is 2.32. The van der Waals surface area contributed by atoms with Crippen LogP contribution >= 0.6 is 0 Å². The number of benzene rings is 2. The molecule has 28 heavy (non-hydrogen) atoms. The van der Waals surface area contributed by atoms with Crippen LogP contribution in [0.2, 0.25) is 0 Å². The predicted octanol–water partition coefficient (Wildman–Crippen LogP) is 4.28. The first kappa shape index (κ1) is 17.7. The normalized spacial score (nSPS) is 13.9. The Kier molecular flexibility index (Phi) is 5.01. The number of fused-ring (bicyclic) bond motifs is 1. The van der Waals surface area contributed by atoms with Crippen molar-refractivity contribution in [3.05, 3.63) is 90.1 Å². The van der Waals surface area contributed by atoms with Gasteiger partial charge in [0, 0.05) is 47.8 Å². The second-order valence-electron chi connectivity index (χ2n) is 6.46. The van der Waals surface area contributed by atoms with E-state index in [2.05, 4.69) is 27.0 Å². The van der Waals surface area contributed by atoms with Crippen LogP contribution in [-0.4, -0.2) is 17.4 Å². The summed E-state index contributed by atoms with van der Waals surface area (Å²) in [7, 11) is 0. The Labute approximate surface area is 162 Å². The van der Waals surface area contributed by atoms with Crippen LogP contribution in [0.15, 0.2) is 73.2 Å². The lowest BCUT2D eigenvalue weighted by Gasteiger charge is -2.08. The van der Waals surface area contributed by atoms with Crippen LogP contribution in [0.5, 0.6) is 0 Å². The van der Waals surface area contributed by atoms with Crippen LogP contribution in [0.3, 0.4) is 0 Å². The molecular formula is C22H19FN4O. The molecule has 3 aromatic rings. The monoisotopic (exact) mass is 374 g/mol. The van der Waals surface area contributed by atoms with Crippen LogP contribution in [0.25, 0.3) is 5.57 Å². The second-order valence-corrected chi connectivity index (χ2v) is 6.46. The number of hydrogen-bond acceptors (Lipinski definition) is 4. The number of aromatic nitrogens is 1. The van der Waals surface area contributed by atoms with Crippen LogP contribution < -0.4 is 16.0 Å². The van der Waals surface area contributed by atoms with E-state index in [0.717, 1.165) is 24.3 Å². The molecule has 4 rings (SSSR count). The van der Waals surface area contributed by atoms with Crippen molar-refractivity contribution in [3.63, 3.8) is 0 Å². The molecule has 1 aliphatic heterocycles. The molecule has 6 heteroatoms. The first-order chi connectivity index (χ1) is 13.7. The zero-order chi connectivity index (χ0) is 19.3. The number of nitrogens with zero attached hydrogens (tertiary/aromatic N) is 1. The molecule has 0 fully saturated rings. The highest BCUT2D eigenvalue weighted by atomic mass is 19.1. The standard InChI is InChI=1S/C22H19FN4O/c23-16-3-8-21-19(12-16)20(22(28)27-21)14-26-18-6-4-17(5-7-18)25-11-9-15-2-1-10-24-13-15/h1-8,10,12-14,25-26H,9,11H2,(H,27,28). The van der Waals surface area contributed by atoms with E-state index < -0.39 is 0 Å². The van der Waals surface area contributed by atoms with Gasteiger partial charge in [0.25, 0.3) is 5.91 Å². The maximum absolute atomic E-state index is 13.5. The van der Waals surface area contributed by atoms with E-state index in [4.69, 9.17) is 0 Å². The van der Waals surface area contributed by atoms with Gasteiger partial charge in [-0.1, -0.05) is 6.07 Å². The maximum atomic E-state index is 13.5. The molecule has 0 saturated heterocycles. The number of amides is 1. The van der Waals surface area contributed by atoms with Crippen molar-refractivity contribution in [3.8, 4) is 0 Å². The minimum Gasteiger partial charge on any atom is -0.385 e. The molecule has 2 aromatic carbocycles. The Morgan fingerprint density at radius 3 is 2.68 bits per heavy atom. The smallest absolute Gasteiger partial charge is 0.257 e. The van der Waals surface area contributed by atoms with Gasteiger partial charge in [-0.05, 0) is 60.5 Å². The number of rotatable bonds is 6. The topological polar surface area (TPSA) is 66.1 Å². The van der Waals surface area contributed by atoms with E-state index in [0.29, 0.717) is 16.8 Å². The van der Waals surface area contributed by atoms with E-state index in [1.807, 2.05) is 36.5 Å². The van der Waals surface area contributed by atoms with E-state index in [1.54, 1.807) is 18.5 Å². The Morgan fingerprint density at radius 2 is 1.89 bits per heavy atom. The van der Waals surface area contributed by atoms with Gasteiger partial charge in [0.05, 0.1) is 5.57 Å². The summed E-state index contributed by atoms with van der Waals surface area (Å²) >= 11 is 0. The zero-order valence-corrected chi connectivity index (χ0v) is 15.1. The number of pyridine rings is 1. The fraction of sp³-hybridized carbons (Fsp3) is 0.0909. The molecule has 1 aliphatic rings. The minimum absolute atomic E-state index is 0.248. The molecule has 3 N–H and O–H groups in total. The van der Waals surface area contributed by atoms with Gasteiger partial charge in [-0.15, -0.1) is 0 Å². The van der Waals surface area contributed by atoms with Crippen molar-refractivity contribution in [2.75, 3.05) is 22.5 Å². The minimum atomic E-state index is -0.372. The third-order valence-electron chi connectivity index (χ3n) is 4.50. The molecule has 140 valence electrons. The first-order valence-corrected chi connectivity index (χ1v) is 9.00. The molecule has 0 spiro atoms. The molecule has 0 unspecified atom stereocenters. The van der Waals surface area contributed by atoms with Gasteiger partial charge < -0.3 is 16.0 Å². The van der Waals surface area contributed by atoms with Crippen LogP contribution in [0.4, 0.5) is 21.5 Å². The SMILES string of the molecule is O=C1Nc2ccc(F)cc2C1=CNc1ccc(NCCc2cccnc2)cc1. The molecule has 0 aliphatic carbocycles. The van der Waals surface area contributed by atoms with Crippen molar-refractivity contribution < 1.29 is 9.18 Å². The largest absolute Gasteiger partial charge is 0.385 e. The highest BCUT2D eigenvalue weighted by Gasteiger charge is 2.24. The summed E-state index contributed by atoms with van der Waals surface area (Å²) in [6.45, 7) is 0.811. The number of anilines is 3. The number of carbonyl (C=O) groups is 1. The summed E-state index contributed by atoms with van der Waals surface area (Å²) in [5, 5.41) is 9.20. The van der Waals surface area contributed by atoms with Gasteiger partial charge in [0.1, 0.15) is 5.82 Å². The summed E-state index contributed by atoms with van der Waals surface area (Å²) in [6.07, 6.45) is 6.13. The van der Waals surface area contributed by atoms with Gasteiger partial charge in [-0.3, -0.25) is 9.78 Å². The third kappa shape index (κ3) is 4.01. The molecule has 1 aromatic heterocycles. The van der Waals surface area contributed by atoms with Gasteiger partial charge in [-0.2, -0.15) is 0 Å².